The third-order valence-electron chi connectivity index (χ3n) is 6.51. The summed E-state index contributed by atoms with van der Waals surface area (Å²) in [7, 11) is 1.65. The molecule has 1 aromatic heterocycles. The Hall–Kier alpha value is -3.45. The molecular formula is C28H33N3O4. The van der Waals surface area contributed by atoms with Crippen molar-refractivity contribution >= 4 is 6.09 Å². The summed E-state index contributed by atoms with van der Waals surface area (Å²) in [6.07, 6.45) is 1.29. The average Bonchev–Trinajstić information content (AvgIpc) is 2.81. The van der Waals surface area contributed by atoms with E-state index < -0.39 is 11.2 Å². The van der Waals surface area contributed by atoms with Gasteiger partial charge < -0.3 is 14.7 Å². The quantitative estimate of drug-likeness (QED) is 0.554. The molecule has 1 atom stereocenters. The number of carbonyl (C=O) groups excluding carboxylic acids is 1. The van der Waals surface area contributed by atoms with E-state index in [2.05, 4.69) is 5.10 Å². The lowest BCUT2D eigenvalue weighted by Gasteiger charge is -2.44. The van der Waals surface area contributed by atoms with Gasteiger partial charge in [-0.2, -0.15) is 5.10 Å². The number of ether oxygens (including phenoxy) is 1. The molecule has 7 nitrogen and oxygen atoms in total. The maximum Gasteiger partial charge on any atom is 0.410 e. The molecule has 1 saturated heterocycles. The van der Waals surface area contributed by atoms with E-state index in [1.165, 1.54) is 4.68 Å². The predicted molar refractivity (Wildman–Crippen MR) is 135 cm³/mol. The number of rotatable bonds is 7. The minimum absolute atomic E-state index is 0.0994. The number of benzene rings is 2. The van der Waals surface area contributed by atoms with E-state index in [1.807, 2.05) is 54.6 Å². The van der Waals surface area contributed by atoms with Crippen LogP contribution in [0.3, 0.4) is 0 Å². The number of aliphatic hydroxyl groups is 1. The molecule has 7 heteroatoms. The number of aryl methyl sites for hydroxylation is 2. The fourth-order valence-electron chi connectivity index (χ4n) is 4.77. The maximum atomic E-state index is 13.0. The first-order valence-electron chi connectivity index (χ1n) is 12.0. The molecule has 184 valence electrons. The van der Waals surface area contributed by atoms with Gasteiger partial charge in [0, 0.05) is 44.1 Å². The molecule has 3 aromatic rings. The van der Waals surface area contributed by atoms with Gasteiger partial charge in [0.15, 0.2) is 0 Å². The maximum absolute atomic E-state index is 13.0. The lowest BCUT2D eigenvalue weighted by molar-refractivity contribution is -0.0960. The molecule has 1 N–H and O–H groups in total. The van der Waals surface area contributed by atoms with Crippen LogP contribution in [0.15, 0.2) is 65.5 Å². The first-order valence-corrected chi connectivity index (χ1v) is 12.0. The lowest BCUT2D eigenvalue weighted by atomic mass is 9.80. The van der Waals surface area contributed by atoms with Crippen molar-refractivity contribution in [1.29, 1.82) is 0 Å². The summed E-state index contributed by atoms with van der Waals surface area (Å²) < 4.78 is 7.39. The molecule has 1 amide bonds. The normalized spacial score (nSPS) is 18.4. The third-order valence-corrected chi connectivity index (χ3v) is 6.51. The highest BCUT2D eigenvalue weighted by molar-refractivity contribution is 5.69. The Labute approximate surface area is 206 Å². The topological polar surface area (TPSA) is 84.7 Å². The summed E-state index contributed by atoms with van der Waals surface area (Å²) >= 11 is 0. The molecule has 1 aliphatic rings. The SMILES string of the molecule is Cc1cc(-c2ccc(CCN3CC[C@](CC(C)(C)O)(c4ccccc4)OC3=O)cc2)nn(C)c1=O. The zero-order chi connectivity index (χ0) is 25.2. The number of amides is 1. The van der Waals surface area contributed by atoms with Crippen molar-refractivity contribution in [1.82, 2.24) is 14.7 Å². The molecule has 1 fully saturated rings. The number of hydrogen-bond acceptors (Lipinski definition) is 5. The van der Waals surface area contributed by atoms with Gasteiger partial charge in [-0.15, -0.1) is 0 Å². The number of cyclic esters (lactones) is 1. The number of nitrogens with zero attached hydrogens (tertiary/aromatic N) is 3. The summed E-state index contributed by atoms with van der Waals surface area (Å²) in [5, 5.41) is 14.9. The zero-order valence-electron chi connectivity index (χ0n) is 20.8. The van der Waals surface area contributed by atoms with E-state index in [0.29, 0.717) is 37.9 Å². The number of aromatic nitrogens is 2. The van der Waals surface area contributed by atoms with Crippen LogP contribution in [-0.4, -0.2) is 44.6 Å². The van der Waals surface area contributed by atoms with Gasteiger partial charge in [0.05, 0.1) is 11.3 Å². The van der Waals surface area contributed by atoms with Gasteiger partial charge in [-0.1, -0.05) is 54.6 Å². The van der Waals surface area contributed by atoms with E-state index in [4.69, 9.17) is 4.74 Å². The standard InChI is InChI=1S/C28H33N3O4/c1-20-18-24(29-30(4)25(20)32)22-12-10-21(11-13-22)14-16-31-17-15-28(35-26(31)33,19-27(2,3)34)23-8-6-5-7-9-23/h5-13,18,34H,14-17,19H2,1-4H3/t28-/m0/s1. The van der Waals surface area contributed by atoms with E-state index in [9.17, 15) is 14.7 Å². The largest absolute Gasteiger partial charge is 0.438 e. The summed E-state index contributed by atoms with van der Waals surface area (Å²) in [5.41, 5.74) is 2.43. The average molecular weight is 476 g/mol. The molecule has 2 heterocycles. The van der Waals surface area contributed by atoms with Crippen molar-refractivity contribution in [2.45, 2.75) is 51.2 Å². The predicted octanol–water partition coefficient (Wildman–Crippen LogP) is 4.20. The van der Waals surface area contributed by atoms with Crippen LogP contribution in [0.1, 0.15) is 43.4 Å². The highest BCUT2D eigenvalue weighted by Gasteiger charge is 2.45. The molecule has 2 aromatic carbocycles. The minimum atomic E-state index is -0.974. The Bertz CT molecular complexity index is 1220. The van der Waals surface area contributed by atoms with Gasteiger partial charge in [0.1, 0.15) is 5.60 Å². The van der Waals surface area contributed by atoms with Crippen LogP contribution in [0.2, 0.25) is 0 Å². The molecule has 0 saturated carbocycles. The van der Waals surface area contributed by atoms with Crippen LogP contribution in [0.5, 0.6) is 0 Å². The monoisotopic (exact) mass is 475 g/mol. The van der Waals surface area contributed by atoms with Crippen LogP contribution in [0.4, 0.5) is 4.79 Å². The van der Waals surface area contributed by atoms with Gasteiger partial charge in [0.25, 0.3) is 5.56 Å². The Balaban J connectivity index is 1.42. The van der Waals surface area contributed by atoms with Crippen LogP contribution in [-0.2, 0) is 23.8 Å². The van der Waals surface area contributed by atoms with Gasteiger partial charge >= 0.3 is 6.09 Å². The van der Waals surface area contributed by atoms with Crippen molar-refractivity contribution < 1.29 is 14.6 Å². The fourth-order valence-corrected chi connectivity index (χ4v) is 4.77. The van der Waals surface area contributed by atoms with E-state index in [-0.39, 0.29) is 11.7 Å². The molecule has 0 aliphatic carbocycles. The van der Waals surface area contributed by atoms with Crippen LogP contribution in [0, 0.1) is 6.92 Å². The first-order chi connectivity index (χ1) is 16.6. The molecule has 0 spiro atoms. The molecular weight excluding hydrogens is 442 g/mol. The van der Waals surface area contributed by atoms with E-state index in [0.717, 1.165) is 22.4 Å². The molecule has 0 unspecified atom stereocenters. The van der Waals surface area contributed by atoms with Crippen molar-refractivity contribution in [3.63, 3.8) is 0 Å². The van der Waals surface area contributed by atoms with Crippen LogP contribution in [0.25, 0.3) is 11.3 Å². The van der Waals surface area contributed by atoms with Crippen molar-refractivity contribution in [3.05, 3.63) is 87.7 Å². The van der Waals surface area contributed by atoms with Crippen molar-refractivity contribution in [2.75, 3.05) is 13.1 Å². The van der Waals surface area contributed by atoms with Gasteiger partial charge in [-0.25, -0.2) is 9.48 Å². The molecule has 1 aliphatic heterocycles. The van der Waals surface area contributed by atoms with Gasteiger partial charge in [-0.3, -0.25) is 4.79 Å². The third kappa shape index (κ3) is 5.62. The first kappa shape index (κ1) is 24.7. The highest BCUT2D eigenvalue weighted by Crippen LogP contribution is 2.40. The Kier molecular flexibility index (Phi) is 6.81. The summed E-state index contributed by atoms with van der Waals surface area (Å²) in [5.74, 6) is 0. The Morgan fingerprint density at radius 3 is 2.37 bits per heavy atom. The zero-order valence-corrected chi connectivity index (χ0v) is 20.8. The minimum Gasteiger partial charge on any atom is -0.438 e. The number of carbonyl (C=O) groups is 1. The lowest BCUT2D eigenvalue weighted by Crippen LogP contribution is -2.51. The number of hydrogen-bond donors (Lipinski definition) is 1. The second-order valence-corrected chi connectivity index (χ2v) is 10.0. The van der Waals surface area contributed by atoms with Crippen molar-refractivity contribution in [2.24, 2.45) is 7.05 Å². The van der Waals surface area contributed by atoms with Crippen molar-refractivity contribution in [3.8, 4) is 11.3 Å². The molecule has 4 rings (SSSR count). The van der Waals surface area contributed by atoms with E-state index in [1.54, 1.807) is 38.8 Å². The smallest absolute Gasteiger partial charge is 0.410 e. The van der Waals surface area contributed by atoms with Crippen LogP contribution >= 0.6 is 0 Å². The summed E-state index contributed by atoms with van der Waals surface area (Å²) in [4.78, 5) is 26.6. The Morgan fingerprint density at radius 2 is 1.77 bits per heavy atom. The molecule has 0 bridgehead atoms. The molecule has 0 radical (unpaired) electrons. The highest BCUT2D eigenvalue weighted by atomic mass is 16.6. The second kappa shape index (κ2) is 9.66. The van der Waals surface area contributed by atoms with Gasteiger partial charge in [-0.05, 0) is 44.4 Å². The summed E-state index contributed by atoms with van der Waals surface area (Å²) in [6, 6.07) is 19.5. The molecule has 35 heavy (non-hydrogen) atoms. The fraction of sp³-hybridized carbons (Fsp3) is 0.393. The van der Waals surface area contributed by atoms with Gasteiger partial charge in [0.2, 0.25) is 0 Å². The summed E-state index contributed by atoms with van der Waals surface area (Å²) in [6.45, 7) is 6.38. The van der Waals surface area contributed by atoms with E-state index >= 15 is 0 Å². The Morgan fingerprint density at radius 1 is 1.09 bits per heavy atom. The van der Waals surface area contributed by atoms with Crippen LogP contribution < -0.4 is 5.56 Å². The second-order valence-electron chi connectivity index (χ2n) is 10.0.